The molecule has 0 rings (SSSR count). The number of aliphatic carboxylic acids is 1. The zero-order valence-corrected chi connectivity index (χ0v) is 17.5. The van der Waals surface area contributed by atoms with Crippen LogP contribution in [0.4, 0.5) is 0 Å². The van der Waals surface area contributed by atoms with Crippen LogP contribution in [0.1, 0.15) is 104 Å². The fraction of sp³-hybridized carbons (Fsp3) is 0.739. The number of carbonyl (C=O) groups is 2. The third-order valence-corrected chi connectivity index (χ3v) is 4.46. The Hall–Kier alpha value is -1.58. The molecule has 0 aliphatic heterocycles. The first kappa shape index (κ1) is 25.4. The van der Waals surface area contributed by atoms with E-state index in [0.717, 1.165) is 57.8 Å². The van der Waals surface area contributed by atoms with Crippen molar-refractivity contribution in [3.05, 3.63) is 24.3 Å². The molecule has 4 heteroatoms. The molecule has 0 bridgehead atoms. The molecule has 0 amide bonds. The molecule has 27 heavy (non-hydrogen) atoms. The summed E-state index contributed by atoms with van der Waals surface area (Å²) in [5.74, 6) is -0.855. The summed E-state index contributed by atoms with van der Waals surface area (Å²) in [6.07, 6.45) is 21.8. The number of carboxylic acid groups (broad SMARTS) is 1. The molecule has 4 nitrogen and oxygen atoms in total. The van der Waals surface area contributed by atoms with Crippen molar-refractivity contribution in [1.29, 1.82) is 0 Å². The topological polar surface area (TPSA) is 63.6 Å². The van der Waals surface area contributed by atoms with Crippen LogP contribution in [0.3, 0.4) is 0 Å². The molecule has 0 aliphatic carbocycles. The van der Waals surface area contributed by atoms with Crippen molar-refractivity contribution in [1.82, 2.24) is 0 Å². The first-order chi connectivity index (χ1) is 13.1. The summed E-state index contributed by atoms with van der Waals surface area (Å²) in [6.45, 7) is 4.03. The van der Waals surface area contributed by atoms with E-state index >= 15 is 0 Å². The maximum Gasteiger partial charge on any atom is 0.306 e. The average Bonchev–Trinajstić information content (AvgIpc) is 2.65. The minimum atomic E-state index is -0.710. The summed E-state index contributed by atoms with van der Waals surface area (Å²) in [4.78, 5) is 22.1. The minimum Gasteiger partial charge on any atom is -0.481 e. The SMILES string of the molecule is CCCCC/C=C\C/C=C\C(CCCCCCCCC(=O)O)OC(=O)CC. The van der Waals surface area contributed by atoms with Gasteiger partial charge < -0.3 is 9.84 Å². The van der Waals surface area contributed by atoms with Crippen LogP contribution in [-0.2, 0) is 14.3 Å². The Morgan fingerprint density at radius 2 is 1.59 bits per heavy atom. The predicted octanol–water partition coefficient (Wildman–Crippen LogP) is 6.60. The van der Waals surface area contributed by atoms with Gasteiger partial charge in [0, 0.05) is 12.8 Å². The molecule has 0 aromatic rings. The van der Waals surface area contributed by atoms with Crippen LogP contribution in [0.5, 0.6) is 0 Å². The molecule has 0 aromatic heterocycles. The van der Waals surface area contributed by atoms with Crippen molar-refractivity contribution in [3.8, 4) is 0 Å². The quantitative estimate of drug-likeness (QED) is 0.165. The van der Waals surface area contributed by atoms with Crippen LogP contribution in [0.25, 0.3) is 0 Å². The Morgan fingerprint density at radius 1 is 0.889 bits per heavy atom. The lowest BCUT2D eigenvalue weighted by Gasteiger charge is -2.14. The van der Waals surface area contributed by atoms with Crippen molar-refractivity contribution in [3.63, 3.8) is 0 Å². The zero-order chi connectivity index (χ0) is 20.2. The van der Waals surface area contributed by atoms with Gasteiger partial charge in [0.05, 0.1) is 0 Å². The number of carboxylic acids is 1. The van der Waals surface area contributed by atoms with Gasteiger partial charge in [0.15, 0.2) is 0 Å². The van der Waals surface area contributed by atoms with Crippen LogP contribution in [0.15, 0.2) is 24.3 Å². The minimum absolute atomic E-state index is 0.127. The second kappa shape index (κ2) is 19.2. The molecule has 1 atom stereocenters. The molecule has 0 saturated heterocycles. The normalized spacial score (nSPS) is 12.7. The first-order valence-electron chi connectivity index (χ1n) is 10.8. The van der Waals surface area contributed by atoms with Gasteiger partial charge in [0.2, 0.25) is 0 Å². The van der Waals surface area contributed by atoms with E-state index in [4.69, 9.17) is 9.84 Å². The van der Waals surface area contributed by atoms with Gasteiger partial charge in [-0.05, 0) is 44.6 Å². The summed E-state index contributed by atoms with van der Waals surface area (Å²) in [6, 6.07) is 0. The van der Waals surface area contributed by atoms with Gasteiger partial charge >= 0.3 is 11.9 Å². The van der Waals surface area contributed by atoms with Crippen LogP contribution < -0.4 is 0 Å². The molecule has 0 fully saturated rings. The summed E-state index contributed by atoms with van der Waals surface area (Å²) in [7, 11) is 0. The lowest BCUT2D eigenvalue weighted by atomic mass is 10.1. The van der Waals surface area contributed by atoms with E-state index < -0.39 is 5.97 Å². The van der Waals surface area contributed by atoms with Crippen molar-refractivity contribution < 1.29 is 19.4 Å². The molecule has 0 aromatic carbocycles. The molecular weight excluding hydrogens is 340 g/mol. The fourth-order valence-electron chi connectivity index (χ4n) is 2.81. The number of hydrogen-bond donors (Lipinski definition) is 1. The van der Waals surface area contributed by atoms with E-state index in [9.17, 15) is 9.59 Å². The first-order valence-corrected chi connectivity index (χ1v) is 10.8. The highest BCUT2D eigenvalue weighted by molar-refractivity contribution is 5.69. The van der Waals surface area contributed by atoms with Crippen LogP contribution in [0, 0.1) is 0 Å². The van der Waals surface area contributed by atoms with Crippen molar-refractivity contribution in [2.45, 2.75) is 110 Å². The van der Waals surface area contributed by atoms with Gasteiger partial charge in [-0.2, -0.15) is 0 Å². The third kappa shape index (κ3) is 19.0. The highest BCUT2D eigenvalue weighted by atomic mass is 16.5. The molecule has 0 radical (unpaired) electrons. The van der Waals surface area contributed by atoms with Gasteiger partial charge in [-0.15, -0.1) is 0 Å². The number of ether oxygens (including phenoxy) is 1. The largest absolute Gasteiger partial charge is 0.481 e. The fourth-order valence-corrected chi connectivity index (χ4v) is 2.81. The summed E-state index contributed by atoms with van der Waals surface area (Å²) in [5.41, 5.74) is 0. The molecule has 0 spiro atoms. The van der Waals surface area contributed by atoms with Gasteiger partial charge in [-0.1, -0.05) is 70.6 Å². The number of rotatable bonds is 18. The number of hydrogen-bond acceptors (Lipinski definition) is 3. The van der Waals surface area contributed by atoms with Crippen LogP contribution >= 0.6 is 0 Å². The van der Waals surface area contributed by atoms with E-state index in [1.807, 2.05) is 13.0 Å². The highest BCUT2D eigenvalue weighted by Gasteiger charge is 2.09. The van der Waals surface area contributed by atoms with Crippen LogP contribution in [0.2, 0.25) is 0 Å². The van der Waals surface area contributed by atoms with Gasteiger partial charge in [0.1, 0.15) is 6.10 Å². The molecule has 0 heterocycles. The van der Waals surface area contributed by atoms with Crippen LogP contribution in [-0.4, -0.2) is 23.1 Å². The molecule has 156 valence electrons. The van der Waals surface area contributed by atoms with E-state index in [2.05, 4.69) is 25.2 Å². The Bertz CT molecular complexity index is 426. The number of esters is 1. The summed E-state index contributed by atoms with van der Waals surface area (Å²) < 4.78 is 5.52. The summed E-state index contributed by atoms with van der Waals surface area (Å²) in [5, 5.41) is 8.61. The smallest absolute Gasteiger partial charge is 0.306 e. The third-order valence-electron chi connectivity index (χ3n) is 4.46. The second-order valence-electron chi connectivity index (χ2n) is 7.07. The van der Waals surface area contributed by atoms with Gasteiger partial charge in [0.25, 0.3) is 0 Å². The monoisotopic (exact) mass is 380 g/mol. The second-order valence-corrected chi connectivity index (χ2v) is 7.07. The van der Waals surface area contributed by atoms with E-state index in [1.165, 1.54) is 19.3 Å². The number of carbonyl (C=O) groups excluding carboxylic acids is 1. The number of unbranched alkanes of at least 4 members (excludes halogenated alkanes) is 8. The Balaban J connectivity index is 3.97. The Morgan fingerprint density at radius 3 is 2.26 bits per heavy atom. The van der Waals surface area contributed by atoms with Crippen molar-refractivity contribution >= 4 is 11.9 Å². The molecule has 1 N–H and O–H groups in total. The van der Waals surface area contributed by atoms with E-state index in [0.29, 0.717) is 6.42 Å². The zero-order valence-electron chi connectivity index (χ0n) is 17.5. The van der Waals surface area contributed by atoms with Crippen molar-refractivity contribution in [2.75, 3.05) is 0 Å². The predicted molar refractivity (Wildman–Crippen MR) is 112 cm³/mol. The lowest BCUT2D eigenvalue weighted by molar-refractivity contribution is -0.146. The molecule has 1 unspecified atom stereocenters. The molecule has 0 saturated carbocycles. The van der Waals surface area contributed by atoms with Gasteiger partial charge in [-0.3, -0.25) is 9.59 Å². The lowest BCUT2D eigenvalue weighted by Crippen LogP contribution is -2.15. The standard InChI is InChI=1S/C23H40O4/c1-3-5-6-7-8-9-12-15-18-21(27-23(26)4-2)19-16-13-10-11-14-17-20-22(24)25/h8-9,15,18,21H,3-7,10-14,16-17,19-20H2,1-2H3,(H,24,25)/b9-8-,18-15-. The average molecular weight is 381 g/mol. The number of allylic oxidation sites excluding steroid dienone is 3. The maximum absolute atomic E-state index is 11.6. The van der Waals surface area contributed by atoms with E-state index in [-0.39, 0.29) is 18.5 Å². The summed E-state index contributed by atoms with van der Waals surface area (Å²) >= 11 is 0. The Labute approximate surface area is 166 Å². The van der Waals surface area contributed by atoms with E-state index in [1.54, 1.807) is 0 Å². The Kier molecular flexibility index (Phi) is 18.1. The maximum atomic E-state index is 11.6. The van der Waals surface area contributed by atoms with Crippen molar-refractivity contribution in [2.24, 2.45) is 0 Å². The van der Waals surface area contributed by atoms with Gasteiger partial charge in [-0.25, -0.2) is 0 Å². The highest BCUT2D eigenvalue weighted by Crippen LogP contribution is 2.13. The molecule has 0 aliphatic rings. The molecular formula is C23H40O4.